The number of nitro benzene ring substituents is 1. The number of hydrogen-bond donors (Lipinski definition) is 2. The van der Waals surface area contributed by atoms with Crippen LogP contribution in [0, 0.1) is 15.5 Å². The maximum atomic E-state index is 13.1. The van der Waals surface area contributed by atoms with Crippen LogP contribution < -0.4 is 11.2 Å². The monoisotopic (exact) mass is 429 g/mol. The van der Waals surface area contributed by atoms with Crippen molar-refractivity contribution >= 4 is 11.5 Å². The van der Waals surface area contributed by atoms with E-state index < -0.39 is 39.2 Å². The molecular weight excluding hydrogens is 406 g/mol. The molecule has 1 aliphatic carbocycles. The number of aliphatic hydroxyl groups excluding tert-OH is 1. The van der Waals surface area contributed by atoms with Crippen molar-refractivity contribution in [3.8, 4) is 5.88 Å². The summed E-state index contributed by atoms with van der Waals surface area (Å²) in [5, 5.41) is 32.5. The number of aliphatic hydroxyl groups is 1. The number of non-ortho nitro benzene ring substituents is 1. The molecule has 1 aromatic heterocycles. The number of benzene rings is 1. The number of hydrogen-bond acceptors (Lipinski definition) is 7. The number of allylic oxidation sites excluding steroid dienone is 2. The van der Waals surface area contributed by atoms with Gasteiger partial charge in [-0.25, -0.2) is 4.79 Å². The molecule has 3 rings (SSSR count). The topological polar surface area (TPSA) is 145 Å². The second-order valence-corrected chi connectivity index (χ2v) is 8.53. The van der Waals surface area contributed by atoms with E-state index in [0.29, 0.717) is 0 Å². The van der Waals surface area contributed by atoms with Crippen LogP contribution in [-0.4, -0.2) is 30.1 Å². The molecule has 0 saturated heterocycles. The van der Waals surface area contributed by atoms with Gasteiger partial charge in [-0.3, -0.25) is 28.8 Å². The van der Waals surface area contributed by atoms with Crippen molar-refractivity contribution in [1.82, 2.24) is 9.13 Å². The molecule has 0 radical (unpaired) electrons. The molecule has 1 aliphatic rings. The second kappa shape index (κ2) is 7.53. The molecule has 164 valence electrons. The summed E-state index contributed by atoms with van der Waals surface area (Å²) in [6.07, 6.45) is 0.271. The smallest absolute Gasteiger partial charge is 0.333 e. The van der Waals surface area contributed by atoms with Crippen molar-refractivity contribution in [2.75, 3.05) is 0 Å². The van der Waals surface area contributed by atoms with Crippen molar-refractivity contribution in [1.29, 1.82) is 0 Å². The normalized spacial score (nSPS) is 17.0. The van der Waals surface area contributed by atoms with Crippen molar-refractivity contribution < 1.29 is 19.9 Å². The van der Waals surface area contributed by atoms with E-state index >= 15 is 0 Å². The summed E-state index contributed by atoms with van der Waals surface area (Å²) in [6, 6.07) is 5.14. The molecule has 1 atom stereocenters. The van der Waals surface area contributed by atoms with Crippen LogP contribution in [0.5, 0.6) is 5.88 Å². The number of Topliss-reactive ketones (excluding diaryl/α,β-unsaturated/α-hetero) is 1. The van der Waals surface area contributed by atoms with Gasteiger partial charge in [-0.1, -0.05) is 26.0 Å². The Balaban J connectivity index is 2.38. The average molecular weight is 429 g/mol. The van der Waals surface area contributed by atoms with Gasteiger partial charge in [-0.05, 0) is 11.0 Å². The van der Waals surface area contributed by atoms with Crippen molar-refractivity contribution in [2.24, 2.45) is 19.5 Å². The van der Waals surface area contributed by atoms with Crippen molar-refractivity contribution in [2.45, 2.75) is 32.6 Å². The number of rotatable bonds is 4. The molecule has 10 nitrogen and oxygen atoms in total. The lowest BCUT2D eigenvalue weighted by Crippen LogP contribution is -2.40. The van der Waals surface area contributed by atoms with Gasteiger partial charge in [0.15, 0.2) is 5.78 Å². The fraction of sp³-hybridized carbons (Fsp3) is 0.381. The summed E-state index contributed by atoms with van der Waals surface area (Å²) in [6.45, 7) is 3.64. The largest absolute Gasteiger partial charge is 0.512 e. The standard InChI is InChI=1S/C21H23N3O7/c1-21(2)9-13(25)16(14(26)10-21)15(11-5-7-12(8-6-11)24(30)31)17-18(27)22(3)20(29)23(4)19(17)28/h5-8,15,25,27H,9-10H2,1-4H3. The molecule has 1 aromatic carbocycles. The van der Waals surface area contributed by atoms with Gasteiger partial charge in [0, 0.05) is 44.6 Å². The third-order valence-electron chi connectivity index (χ3n) is 5.58. The summed E-state index contributed by atoms with van der Waals surface area (Å²) >= 11 is 0. The number of aromatic hydroxyl groups is 1. The summed E-state index contributed by atoms with van der Waals surface area (Å²) in [5.74, 6) is -2.49. The van der Waals surface area contributed by atoms with Gasteiger partial charge in [-0.15, -0.1) is 0 Å². The summed E-state index contributed by atoms with van der Waals surface area (Å²) < 4.78 is 1.66. The van der Waals surface area contributed by atoms with Crippen LogP contribution in [0.1, 0.15) is 43.7 Å². The van der Waals surface area contributed by atoms with Gasteiger partial charge in [0.1, 0.15) is 5.76 Å². The van der Waals surface area contributed by atoms with Crippen LogP contribution in [-0.2, 0) is 18.9 Å². The fourth-order valence-corrected chi connectivity index (χ4v) is 4.01. The lowest BCUT2D eigenvalue weighted by molar-refractivity contribution is -0.384. The lowest BCUT2D eigenvalue weighted by atomic mass is 9.71. The van der Waals surface area contributed by atoms with Crippen molar-refractivity contribution in [3.63, 3.8) is 0 Å². The van der Waals surface area contributed by atoms with E-state index in [-0.39, 0.29) is 41.0 Å². The van der Waals surface area contributed by atoms with Gasteiger partial charge in [0.25, 0.3) is 11.2 Å². The molecule has 1 heterocycles. The van der Waals surface area contributed by atoms with E-state index in [4.69, 9.17) is 0 Å². The Morgan fingerprint density at radius 1 is 1.03 bits per heavy atom. The minimum atomic E-state index is -1.21. The quantitative estimate of drug-likeness (QED) is 0.559. The number of nitrogens with zero attached hydrogens (tertiary/aromatic N) is 3. The number of ketones is 1. The maximum Gasteiger partial charge on any atom is 0.333 e. The molecule has 0 bridgehead atoms. The highest BCUT2D eigenvalue weighted by molar-refractivity contribution is 5.99. The zero-order valence-corrected chi connectivity index (χ0v) is 17.6. The predicted octanol–water partition coefficient (Wildman–Crippen LogP) is 2.03. The molecule has 0 fully saturated rings. The van der Waals surface area contributed by atoms with E-state index in [1.165, 1.54) is 38.4 Å². The van der Waals surface area contributed by atoms with Gasteiger partial charge < -0.3 is 10.2 Å². The maximum absolute atomic E-state index is 13.1. The SMILES string of the molecule is Cn1c(O)c(C(C2=C(O)CC(C)(C)CC2=O)c2ccc([N+](=O)[O-])cc2)c(=O)n(C)c1=O. The number of carbonyl (C=O) groups excluding carboxylic acids is 1. The molecular formula is C21H23N3O7. The van der Waals surface area contributed by atoms with E-state index in [1.807, 2.05) is 13.8 Å². The third-order valence-corrected chi connectivity index (χ3v) is 5.58. The first-order chi connectivity index (χ1) is 14.4. The zero-order chi connectivity index (χ0) is 23.2. The Morgan fingerprint density at radius 3 is 2.13 bits per heavy atom. The third kappa shape index (κ3) is 3.76. The summed E-state index contributed by atoms with van der Waals surface area (Å²) in [4.78, 5) is 48.7. The highest BCUT2D eigenvalue weighted by atomic mass is 16.6. The molecule has 0 saturated carbocycles. The van der Waals surface area contributed by atoms with E-state index in [2.05, 4.69) is 0 Å². The van der Waals surface area contributed by atoms with E-state index in [1.54, 1.807) is 0 Å². The zero-order valence-electron chi connectivity index (χ0n) is 17.6. The van der Waals surface area contributed by atoms with Gasteiger partial charge >= 0.3 is 5.69 Å². The second-order valence-electron chi connectivity index (χ2n) is 8.53. The molecule has 0 amide bonds. The van der Waals surface area contributed by atoms with Crippen LogP contribution in [0.3, 0.4) is 0 Å². The predicted molar refractivity (Wildman–Crippen MR) is 111 cm³/mol. The Labute approximate surface area is 176 Å². The molecule has 1 unspecified atom stereocenters. The first kappa shape index (κ1) is 22.0. The fourth-order valence-electron chi connectivity index (χ4n) is 4.01. The van der Waals surface area contributed by atoms with Gasteiger partial charge in [-0.2, -0.15) is 0 Å². The molecule has 2 N–H and O–H groups in total. The Hall–Kier alpha value is -3.69. The Kier molecular flexibility index (Phi) is 5.35. The average Bonchev–Trinajstić information content (AvgIpc) is 2.68. The van der Waals surface area contributed by atoms with E-state index in [9.17, 15) is 34.7 Å². The molecule has 0 spiro atoms. The number of nitro groups is 1. The van der Waals surface area contributed by atoms with Crippen LogP contribution in [0.15, 0.2) is 45.2 Å². The molecule has 10 heteroatoms. The highest BCUT2D eigenvalue weighted by Crippen LogP contribution is 2.44. The molecule has 31 heavy (non-hydrogen) atoms. The van der Waals surface area contributed by atoms with E-state index in [0.717, 1.165) is 9.13 Å². The minimum absolute atomic E-state index is 0.0702. The minimum Gasteiger partial charge on any atom is -0.512 e. The lowest BCUT2D eigenvalue weighted by Gasteiger charge is -2.33. The van der Waals surface area contributed by atoms with Crippen LogP contribution in [0.4, 0.5) is 5.69 Å². The van der Waals surface area contributed by atoms with Gasteiger partial charge in [0.2, 0.25) is 5.88 Å². The first-order valence-electron chi connectivity index (χ1n) is 9.54. The Bertz CT molecular complexity index is 1230. The van der Waals surface area contributed by atoms with Crippen LogP contribution >= 0.6 is 0 Å². The summed E-state index contributed by atoms with van der Waals surface area (Å²) in [5.41, 5.74) is -2.35. The number of aromatic nitrogens is 2. The first-order valence-corrected chi connectivity index (χ1v) is 9.54. The molecule has 0 aliphatic heterocycles. The van der Waals surface area contributed by atoms with Crippen molar-refractivity contribution in [3.05, 3.63) is 77.7 Å². The molecule has 2 aromatic rings. The highest BCUT2D eigenvalue weighted by Gasteiger charge is 2.40. The van der Waals surface area contributed by atoms with Crippen LogP contribution in [0.25, 0.3) is 0 Å². The Morgan fingerprint density at radius 2 is 1.61 bits per heavy atom. The van der Waals surface area contributed by atoms with Crippen LogP contribution in [0.2, 0.25) is 0 Å². The number of carbonyl (C=O) groups is 1. The van der Waals surface area contributed by atoms with Gasteiger partial charge in [0.05, 0.1) is 16.4 Å². The summed E-state index contributed by atoms with van der Waals surface area (Å²) in [7, 11) is 2.51.